The number of hydrogen-bond donors (Lipinski definition) is 2. The largest absolute Gasteiger partial charge is 0.465 e. The Kier molecular flexibility index (Phi) is 3.66. The summed E-state index contributed by atoms with van der Waals surface area (Å²) in [4.78, 5) is 10.7. The third kappa shape index (κ3) is 2.82. The van der Waals surface area contributed by atoms with Crippen molar-refractivity contribution in [3.63, 3.8) is 0 Å². The van der Waals surface area contributed by atoms with Crippen molar-refractivity contribution in [2.24, 2.45) is 0 Å². The van der Waals surface area contributed by atoms with Gasteiger partial charge in [0.15, 0.2) is 0 Å². The SMILES string of the molecule is O=C(O)Nc1c(Cl)ccc(F)c1-c1ccc(F)cc1. The fourth-order valence-corrected chi connectivity index (χ4v) is 1.88. The molecule has 1 amide bonds. The maximum absolute atomic E-state index is 13.9. The molecule has 0 aliphatic rings. The summed E-state index contributed by atoms with van der Waals surface area (Å²) in [6.07, 6.45) is -1.36. The van der Waals surface area contributed by atoms with Gasteiger partial charge < -0.3 is 5.11 Å². The molecule has 0 aliphatic carbocycles. The number of hydrogen-bond acceptors (Lipinski definition) is 1. The summed E-state index contributed by atoms with van der Waals surface area (Å²) in [5.74, 6) is -1.13. The van der Waals surface area contributed by atoms with Crippen LogP contribution in [0.3, 0.4) is 0 Å². The van der Waals surface area contributed by atoms with Crippen LogP contribution in [0, 0.1) is 11.6 Å². The van der Waals surface area contributed by atoms with Gasteiger partial charge in [-0.25, -0.2) is 13.6 Å². The molecule has 0 aromatic heterocycles. The number of carboxylic acid groups (broad SMARTS) is 1. The molecule has 0 fully saturated rings. The van der Waals surface area contributed by atoms with Crippen LogP contribution in [0.2, 0.25) is 5.02 Å². The van der Waals surface area contributed by atoms with E-state index in [1.807, 2.05) is 5.32 Å². The molecule has 2 aromatic rings. The molecule has 2 aromatic carbocycles. The first-order chi connectivity index (χ1) is 8.99. The first-order valence-electron chi connectivity index (χ1n) is 5.23. The molecular weight excluding hydrogens is 276 g/mol. The van der Waals surface area contributed by atoms with Gasteiger partial charge in [-0.2, -0.15) is 0 Å². The van der Waals surface area contributed by atoms with E-state index >= 15 is 0 Å². The molecule has 0 saturated carbocycles. The van der Waals surface area contributed by atoms with Crippen LogP contribution in [0.15, 0.2) is 36.4 Å². The molecule has 0 unspecified atom stereocenters. The van der Waals surface area contributed by atoms with Crippen LogP contribution in [-0.4, -0.2) is 11.2 Å². The minimum Gasteiger partial charge on any atom is -0.465 e. The van der Waals surface area contributed by atoms with E-state index in [0.29, 0.717) is 5.56 Å². The van der Waals surface area contributed by atoms with Crippen molar-refractivity contribution in [2.45, 2.75) is 0 Å². The minimum absolute atomic E-state index is 0.0186. The lowest BCUT2D eigenvalue weighted by Crippen LogP contribution is -2.09. The highest BCUT2D eigenvalue weighted by Gasteiger charge is 2.16. The molecule has 19 heavy (non-hydrogen) atoms. The van der Waals surface area contributed by atoms with Gasteiger partial charge in [-0.1, -0.05) is 23.7 Å². The van der Waals surface area contributed by atoms with Crippen molar-refractivity contribution in [1.82, 2.24) is 0 Å². The molecule has 3 nitrogen and oxygen atoms in total. The highest BCUT2D eigenvalue weighted by molar-refractivity contribution is 6.34. The molecule has 2 rings (SSSR count). The van der Waals surface area contributed by atoms with Crippen LogP contribution in [0.1, 0.15) is 0 Å². The molecule has 2 N–H and O–H groups in total. The van der Waals surface area contributed by atoms with E-state index in [9.17, 15) is 13.6 Å². The fraction of sp³-hybridized carbons (Fsp3) is 0. The zero-order chi connectivity index (χ0) is 14.0. The fourth-order valence-electron chi connectivity index (χ4n) is 1.68. The third-order valence-corrected chi connectivity index (χ3v) is 2.78. The van der Waals surface area contributed by atoms with Crippen molar-refractivity contribution in [3.8, 4) is 11.1 Å². The van der Waals surface area contributed by atoms with Crippen LogP contribution in [0.5, 0.6) is 0 Å². The Morgan fingerprint density at radius 3 is 2.32 bits per heavy atom. The molecule has 0 spiro atoms. The first kappa shape index (κ1) is 13.3. The normalized spacial score (nSPS) is 10.3. The van der Waals surface area contributed by atoms with Crippen molar-refractivity contribution < 1.29 is 18.7 Å². The maximum Gasteiger partial charge on any atom is 0.409 e. The topological polar surface area (TPSA) is 49.3 Å². The van der Waals surface area contributed by atoms with Gasteiger partial charge in [0, 0.05) is 5.56 Å². The van der Waals surface area contributed by atoms with Gasteiger partial charge in [0.1, 0.15) is 11.6 Å². The predicted molar refractivity (Wildman–Crippen MR) is 68.5 cm³/mol. The van der Waals surface area contributed by atoms with Gasteiger partial charge in [0.25, 0.3) is 0 Å². The highest BCUT2D eigenvalue weighted by Crippen LogP contribution is 2.36. The zero-order valence-electron chi connectivity index (χ0n) is 9.45. The second-order valence-electron chi connectivity index (χ2n) is 3.72. The minimum atomic E-state index is -1.36. The maximum atomic E-state index is 13.9. The summed E-state index contributed by atoms with van der Waals surface area (Å²) < 4.78 is 26.7. The molecule has 98 valence electrons. The van der Waals surface area contributed by atoms with Crippen molar-refractivity contribution in [3.05, 3.63) is 53.1 Å². The second kappa shape index (κ2) is 5.24. The van der Waals surface area contributed by atoms with Crippen LogP contribution in [0.4, 0.5) is 19.3 Å². The third-order valence-electron chi connectivity index (χ3n) is 2.47. The number of anilines is 1. The van der Waals surface area contributed by atoms with Gasteiger partial charge in [0.05, 0.1) is 10.7 Å². The number of amides is 1. The van der Waals surface area contributed by atoms with E-state index < -0.39 is 17.7 Å². The van der Waals surface area contributed by atoms with E-state index in [1.165, 1.54) is 18.2 Å². The molecule has 0 saturated heterocycles. The van der Waals surface area contributed by atoms with Gasteiger partial charge in [-0.15, -0.1) is 0 Å². The average Bonchev–Trinajstić information content (AvgIpc) is 2.35. The van der Waals surface area contributed by atoms with E-state index in [4.69, 9.17) is 16.7 Å². The number of nitrogens with one attached hydrogen (secondary N) is 1. The van der Waals surface area contributed by atoms with E-state index in [0.717, 1.165) is 18.2 Å². The van der Waals surface area contributed by atoms with E-state index in [2.05, 4.69) is 0 Å². The lowest BCUT2D eigenvalue weighted by molar-refractivity contribution is 0.210. The Morgan fingerprint density at radius 1 is 1.11 bits per heavy atom. The van der Waals surface area contributed by atoms with Gasteiger partial charge in [-0.05, 0) is 29.8 Å². The predicted octanol–water partition coefficient (Wildman–Crippen LogP) is 4.38. The van der Waals surface area contributed by atoms with Crippen molar-refractivity contribution in [2.75, 3.05) is 5.32 Å². The Hall–Kier alpha value is -2.14. The standard InChI is InChI=1S/C13H8ClF2NO2/c14-9-5-6-10(16)11(12(9)17-13(18)19)7-1-3-8(15)4-2-7/h1-6,17H,(H,18,19). The number of carbonyl (C=O) groups is 1. The summed E-state index contributed by atoms with van der Waals surface area (Å²) in [5.41, 5.74) is 0.237. The second-order valence-corrected chi connectivity index (χ2v) is 4.12. The number of halogens is 3. The summed E-state index contributed by atoms with van der Waals surface area (Å²) in [5, 5.41) is 10.9. The summed E-state index contributed by atoms with van der Waals surface area (Å²) >= 11 is 5.86. The van der Waals surface area contributed by atoms with Crippen molar-refractivity contribution in [1.29, 1.82) is 0 Å². The van der Waals surface area contributed by atoms with Crippen LogP contribution < -0.4 is 5.32 Å². The highest BCUT2D eigenvalue weighted by atomic mass is 35.5. The molecule has 0 bridgehead atoms. The van der Waals surface area contributed by atoms with E-state index in [1.54, 1.807) is 0 Å². The lowest BCUT2D eigenvalue weighted by Gasteiger charge is -2.12. The quantitative estimate of drug-likeness (QED) is 0.859. The zero-order valence-corrected chi connectivity index (χ0v) is 10.2. The van der Waals surface area contributed by atoms with Gasteiger partial charge in [-0.3, -0.25) is 5.32 Å². The van der Waals surface area contributed by atoms with Crippen LogP contribution >= 0.6 is 11.6 Å². The average molecular weight is 284 g/mol. The van der Waals surface area contributed by atoms with Crippen molar-refractivity contribution >= 4 is 23.4 Å². The Bertz CT molecular complexity index is 629. The molecule has 0 aliphatic heterocycles. The molecule has 0 heterocycles. The van der Waals surface area contributed by atoms with Crippen LogP contribution in [-0.2, 0) is 0 Å². The van der Waals surface area contributed by atoms with Gasteiger partial charge in [0.2, 0.25) is 0 Å². The Labute approximate surface area is 112 Å². The summed E-state index contributed by atoms with van der Waals surface area (Å²) in [6.45, 7) is 0. The molecule has 0 radical (unpaired) electrons. The molecule has 6 heteroatoms. The number of rotatable bonds is 2. The lowest BCUT2D eigenvalue weighted by atomic mass is 10.0. The van der Waals surface area contributed by atoms with Gasteiger partial charge >= 0.3 is 6.09 Å². The smallest absolute Gasteiger partial charge is 0.409 e. The summed E-state index contributed by atoms with van der Waals surface area (Å²) in [7, 11) is 0. The Balaban J connectivity index is 2.63. The van der Waals surface area contributed by atoms with Crippen LogP contribution in [0.25, 0.3) is 11.1 Å². The molecule has 0 atom stereocenters. The molecular formula is C13H8ClF2NO2. The Morgan fingerprint density at radius 2 is 1.74 bits per heavy atom. The monoisotopic (exact) mass is 283 g/mol. The summed E-state index contributed by atoms with van der Waals surface area (Å²) in [6, 6.07) is 7.36. The van der Waals surface area contributed by atoms with E-state index in [-0.39, 0.29) is 16.3 Å². The number of benzene rings is 2. The first-order valence-corrected chi connectivity index (χ1v) is 5.60.